The minimum absolute atomic E-state index is 0.290. The third-order valence-electron chi connectivity index (χ3n) is 1.93. The van der Waals surface area contributed by atoms with Crippen LogP contribution in [0.3, 0.4) is 0 Å². The number of pyridine rings is 1. The van der Waals surface area contributed by atoms with Gasteiger partial charge in [0.05, 0.1) is 25.5 Å². The van der Waals surface area contributed by atoms with Gasteiger partial charge in [0.15, 0.2) is 0 Å². The molecule has 108 valence electrons. The maximum atomic E-state index is 11.3. The normalized spacial score (nSPS) is 10.3. The first-order chi connectivity index (χ1) is 8.90. The molecule has 1 heterocycles. The Bertz CT molecular complexity index is 458. The average molecular weight is 289 g/mol. The van der Waals surface area contributed by atoms with Crippen molar-refractivity contribution >= 4 is 16.1 Å². The number of esters is 1. The summed E-state index contributed by atoms with van der Waals surface area (Å²) in [5, 5.41) is 0. The van der Waals surface area contributed by atoms with E-state index in [0.29, 0.717) is 12.2 Å². The Hall–Kier alpha value is -1.47. The van der Waals surface area contributed by atoms with Crippen molar-refractivity contribution in [3.8, 4) is 0 Å². The van der Waals surface area contributed by atoms with Crippen LogP contribution < -0.4 is 0 Å². The third-order valence-corrected chi connectivity index (χ3v) is 2.54. The molecule has 1 aromatic heterocycles. The Labute approximate surface area is 113 Å². The summed E-state index contributed by atoms with van der Waals surface area (Å²) in [4.78, 5) is 15.1. The van der Waals surface area contributed by atoms with Crippen LogP contribution >= 0.6 is 0 Å². The number of carbonyl (C=O) groups excluding carboxylic acids is 1. The summed E-state index contributed by atoms with van der Waals surface area (Å²) in [5.74, 6) is -0.290. The zero-order chi connectivity index (χ0) is 14.7. The fraction of sp³-hybridized carbons (Fsp3) is 0.500. The molecule has 0 aliphatic heterocycles. The van der Waals surface area contributed by atoms with Gasteiger partial charge in [-0.05, 0) is 18.6 Å². The number of ether oxygens (including phenoxy) is 1. The molecule has 0 spiro atoms. The summed E-state index contributed by atoms with van der Waals surface area (Å²) in [6.45, 7) is 2.54. The highest BCUT2D eigenvalue weighted by Crippen LogP contribution is 1.99. The second-order valence-electron chi connectivity index (χ2n) is 3.60. The van der Waals surface area contributed by atoms with E-state index in [4.69, 9.17) is 4.74 Å². The summed E-state index contributed by atoms with van der Waals surface area (Å²) in [7, 11) is -2.04. The number of carbonyl (C=O) groups is 1. The monoisotopic (exact) mass is 289 g/mol. The Morgan fingerprint density at radius 2 is 2.05 bits per heavy atom. The number of aromatic nitrogens is 1. The Morgan fingerprint density at radius 3 is 2.47 bits per heavy atom. The molecule has 0 N–H and O–H groups in total. The largest absolute Gasteiger partial charge is 0.462 e. The van der Waals surface area contributed by atoms with Crippen LogP contribution in [0.5, 0.6) is 0 Å². The molecule has 6 nitrogen and oxygen atoms in total. The molecule has 7 heteroatoms. The Kier molecular flexibility index (Phi) is 8.73. The highest BCUT2D eigenvalue weighted by Gasteiger charge is 2.04. The van der Waals surface area contributed by atoms with Crippen molar-refractivity contribution in [2.45, 2.75) is 19.8 Å². The first-order valence-electron chi connectivity index (χ1n) is 5.73. The van der Waals surface area contributed by atoms with Gasteiger partial charge < -0.3 is 4.74 Å². The van der Waals surface area contributed by atoms with Crippen molar-refractivity contribution in [2.75, 3.05) is 20.0 Å². The predicted octanol–water partition coefficient (Wildman–Crippen LogP) is 1.63. The minimum atomic E-state index is -3.16. The van der Waals surface area contributed by atoms with E-state index in [2.05, 4.69) is 16.1 Å². The molecule has 0 saturated heterocycles. The molecule has 0 bridgehead atoms. The molecule has 19 heavy (non-hydrogen) atoms. The predicted molar refractivity (Wildman–Crippen MR) is 71.3 cm³/mol. The lowest BCUT2D eigenvalue weighted by molar-refractivity contribution is 0.0499. The maximum absolute atomic E-state index is 11.3. The van der Waals surface area contributed by atoms with Gasteiger partial charge in [-0.25, -0.2) is 4.79 Å². The molecule has 0 atom stereocenters. The quantitative estimate of drug-likeness (QED) is 0.465. The summed E-state index contributed by atoms with van der Waals surface area (Å²) < 4.78 is 28.5. The van der Waals surface area contributed by atoms with Gasteiger partial charge >= 0.3 is 5.97 Å². The first kappa shape index (κ1) is 17.5. The Balaban J connectivity index is 0.000000459. The van der Waals surface area contributed by atoms with Crippen LogP contribution in [-0.4, -0.2) is 39.3 Å². The molecule has 1 aromatic rings. The zero-order valence-electron chi connectivity index (χ0n) is 11.3. The van der Waals surface area contributed by atoms with Crippen LogP contribution in [0.2, 0.25) is 0 Å². The second-order valence-corrected chi connectivity index (χ2v) is 5.34. The number of hydrogen-bond donors (Lipinski definition) is 0. The molecule has 0 amide bonds. The van der Waals surface area contributed by atoms with Crippen molar-refractivity contribution in [1.82, 2.24) is 4.98 Å². The SMILES string of the molecule is CCCCOC(=O)c1cccnc1.COS(C)(=O)=O. The summed E-state index contributed by atoms with van der Waals surface area (Å²) in [6.07, 6.45) is 6.07. The molecule has 0 aliphatic rings. The molecule has 0 fully saturated rings. The minimum Gasteiger partial charge on any atom is -0.462 e. The number of unbranched alkanes of at least 4 members (excludes halogenated alkanes) is 1. The van der Waals surface area contributed by atoms with Gasteiger partial charge in [0.2, 0.25) is 0 Å². The molecule has 0 saturated carbocycles. The van der Waals surface area contributed by atoms with Crippen LogP contribution in [-0.2, 0) is 19.0 Å². The standard InChI is InChI=1S/C10H13NO2.C2H6O3S/c1-2-3-7-13-10(12)9-5-4-6-11-8-9;1-5-6(2,3)4/h4-6,8H,2-3,7H2,1H3;1-2H3. The van der Waals surface area contributed by atoms with Crippen LogP contribution in [0.15, 0.2) is 24.5 Å². The van der Waals surface area contributed by atoms with E-state index in [1.165, 1.54) is 6.20 Å². The van der Waals surface area contributed by atoms with Crippen molar-refractivity contribution < 1.29 is 22.1 Å². The summed E-state index contributed by atoms with van der Waals surface area (Å²) in [6, 6.07) is 3.41. The second kappa shape index (κ2) is 9.46. The van der Waals surface area contributed by atoms with E-state index in [1.54, 1.807) is 18.3 Å². The van der Waals surface area contributed by atoms with Crippen molar-refractivity contribution in [2.24, 2.45) is 0 Å². The van der Waals surface area contributed by atoms with E-state index < -0.39 is 10.1 Å². The van der Waals surface area contributed by atoms with Gasteiger partial charge in [-0.3, -0.25) is 9.17 Å². The number of hydrogen-bond acceptors (Lipinski definition) is 6. The average Bonchev–Trinajstić information content (AvgIpc) is 2.40. The maximum Gasteiger partial charge on any atom is 0.339 e. The van der Waals surface area contributed by atoms with Gasteiger partial charge in [0.1, 0.15) is 0 Å². The molecule has 1 rings (SSSR count). The van der Waals surface area contributed by atoms with Crippen molar-refractivity contribution in [3.05, 3.63) is 30.1 Å². The van der Waals surface area contributed by atoms with Crippen molar-refractivity contribution in [1.29, 1.82) is 0 Å². The van der Waals surface area contributed by atoms with E-state index in [1.807, 2.05) is 0 Å². The summed E-state index contributed by atoms with van der Waals surface area (Å²) >= 11 is 0. The molecule has 0 unspecified atom stereocenters. The van der Waals surface area contributed by atoms with Crippen molar-refractivity contribution in [3.63, 3.8) is 0 Å². The topological polar surface area (TPSA) is 82.6 Å². The van der Waals surface area contributed by atoms with Gasteiger partial charge in [-0.1, -0.05) is 13.3 Å². The lowest BCUT2D eigenvalue weighted by Gasteiger charge is -2.02. The fourth-order valence-electron chi connectivity index (χ4n) is 0.876. The van der Waals surface area contributed by atoms with Crippen LogP contribution in [0.4, 0.5) is 0 Å². The molecule has 0 aliphatic carbocycles. The zero-order valence-corrected chi connectivity index (χ0v) is 12.1. The molecule has 0 radical (unpaired) electrons. The fourth-order valence-corrected chi connectivity index (χ4v) is 0.876. The highest BCUT2D eigenvalue weighted by molar-refractivity contribution is 7.85. The van der Waals surface area contributed by atoms with Gasteiger partial charge in [0, 0.05) is 12.4 Å². The Morgan fingerprint density at radius 1 is 1.42 bits per heavy atom. The lowest BCUT2D eigenvalue weighted by atomic mass is 10.3. The molecular formula is C12H19NO5S. The smallest absolute Gasteiger partial charge is 0.339 e. The number of rotatable bonds is 5. The van der Waals surface area contributed by atoms with Crippen LogP contribution in [0.25, 0.3) is 0 Å². The summed E-state index contributed by atoms with van der Waals surface area (Å²) in [5.41, 5.74) is 0.513. The third kappa shape index (κ3) is 10.2. The van der Waals surface area contributed by atoms with Gasteiger partial charge in [0.25, 0.3) is 10.1 Å². The first-order valence-corrected chi connectivity index (χ1v) is 7.55. The van der Waals surface area contributed by atoms with E-state index in [-0.39, 0.29) is 5.97 Å². The molecular weight excluding hydrogens is 270 g/mol. The van der Waals surface area contributed by atoms with Crippen LogP contribution in [0.1, 0.15) is 30.1 Å². The van der Waals surface area contributed by atoms with E-state index in [0.717, 1.165) is 26.2 Å². The molecule has 0 aromatic carbocycles. The number of nitrogens with zero attached hydrogens (tertiary/aromatic N) is 1. The van der Waals surface area contributed by atoms with E-state index >= 15 is 0 Å². The van der Waals surface area contributed by atoms with E-state index in [9.17, 15) is 13.2 Å². The highest BCUT2D eigenvalue weighted by atomic mass is 32.2. The van der Waals surface area contributed by atoms with Gasteiger partial charge in [-0.2, -0.15) is 8.42 Å². The van der Waals surface area contributed by atoms with Gasteiger partial charge in [-0.15, -0.1) is 0 Å². The van der Waals surface area contributed by atoms with Crippen LogP contribution in [0, 0.1) is 0 Å². The lowest BCUT2D eigenvalue weighted by Crippen LogP contribution is -2.06.